The number of unbranched alkanes of at least 4 members (excludes halogenated alkanes) is 2. The zero-order valence-electron chi connectivity index (χ0n) is 16.0. The van der Waals surface area contributed by atoms with Gasteiger partial charge in [0.05, 0.1) is 0 Å². The van der Waals surface area contributed by atoms with Crippen LogP contribution in [0.5, 0.6) is 0 Å². The molecule has 0 spiro atoms. The van der Waals surface area contributed by atoms with E-state index in [4.69, 9.17) is 0 Å². The van der Waals surface area contributed by atoms with E-state index in [-0.39, 0.29) is 0 Å². The van der Waals surface area contributed by atoms with Crippen LogP contribution < -0.4 is 0 Å². The molecular formula is C24H31Ti. The van der Waals surface area contributed by atoms with Gasteiger partial charge in [0.2, 0.25) is 0 Å². The number of hydrogen-bond acceptors (Lipinski definition) is 0. The van der Waals surface area contributed by atoms with Crippen LogP contribution in [0.15, 0.2) is 54.1 Å². The Kier molecular flexibility index (Phi) is 6.73. The number of hydrogen-bond donors (Lipinski definition) is 0. The fraction of sp³-hybridized carbons (Fsp3) is 0.417. The number of allylic oxidation sites excluding steroid dienone is 1. The monoisotopic (exact) mass is 367 g/mol. The molecule has 0 nitrogen and oxygen atoms in total. The number of fused-ring (bicyclic) bond motifs is 1. The van der Waals surface area contributed by atoms with Crippen molar-refractivity contribution >= 4 is 6.08 Å². The van der Waals surface area contributed by atoms with Crippen molar-refractivity contribution in [1.29, 1.82) is 0 Å². The summed E-state index contributed by atoms with van der Waals surface area (Å²) in [6.07, 6.45) is 8.05. The first-order valence-electron chi connectivity index (χ1n) is 9.97. The molecule has 2 aromatic rings. The maximum atomic E-state index is 2.51. The second-order valence-corrected chi connectivity index (χ2v) is 11.9. The second kappa shape index (κ2) is 9.01. The van der Waals surface area contributed by atoms with Crippen molar-refractivity contribution in [1.82, 2.24) is 0 Å². The molecule has 1 atom stereocenters. The summed E-state index contributed by atoms with van der Waals surface area (Å²) < 4.78 is 3.85. The summed E-state index contributed by atoms with van der Waals surface area (Å²) in [6.45, 7) is 7.08. The Bertz CT molecular complexity index is 706. The molecular weight excluding hydrogens is 336 g/mol. The van der Waals surface area contributed by atoms with Gasteiger partial charge in [-0.1, -0.05) is 0 Å². The van der Waals surface area contributed by atoms with E-state index >= 15 is 0 Å². The van der Waals surface area contributed by atoms with Crippen molar-refractivity contribution in [2.75, 3.05) is 0 Å². The molecule has 0 bridgehead atoms. The molecule has 1 unspecified atom stereocenters. The van der Waals surface area contributed by atoms with Gasteiger partial charge in [-0.2, -0.15) is 0 Å². The minimum atomic E-state index is -1.12. The van der Waals surface area contributed by atoms with E-state index in [0.29, 0.717) is 0 Å². The predicted molar refractivity (Wildman–Crippen MR) is 108 cm³/mol. The van der Waals surface area contributed by atoms with Crippen molar-refractivity contribution in [3.63, 3.8) is 0 Å². The van der Waals surface area contributed by atoms with Crippen LogP contribution >= 0.6 is 0 Å². The molecule has 2 aromatic carbocycles. The molecule has 1 aliphatic rings. The van der Waals surface area contributed by atoms with E-state index in [1.165, 1.54) is 51.8 Å². The summed E-state index contributed by atoms with van der Waals surface area (Å²) >= 11 is -1.12. The van der Waals surface area contributed by atoms with Gasteiger partial charge in [-0.05, 0) is 0 Å². The van der Waals surface area contributed by atoms with Crippen molar-refractivity contribution in [3.8, 4) is 11.1 Å². The van der Waals surface area contributed by atoms with E-state index < -0.39 is 17.9 Å². The molecule has 0 heterocycles. The summed E-state index contributed by atoms with van der Waals surface area (Å²) in [5.74, 6) is 0. The first-order valence-corrected chi connectivity index (χ1v) is 13.1. The molecule has 1 heteroatoms. The Hall–Kier alpha value is -1.11. The van der Waals surface area contributed by atoms with E-state index in [1.54, 1.807) is 11.1 Å². The Morgan fingerprint density at radius 1 is 0.840 bits per heavy atom. The summed E-state index contributed by atoms with van der Waals surface area (Å²) in [7, 11) is 0. The van der Waals surface area contributed by atoms with Crippen LogP contribution in [-0.2, 0) is 17.9 Å². The van der Waals surface area contributed by atoms with Crippen molar-refractivity contribution < 1.29 is 17.9 Å². The molecule has 0 aromatic heterocycles. The quantitative estimate of drug-likeness (QED) is 0.416. The number of rotatable bonds is 8. The Labute approximate surface area is 160 Å². The van der Waals surface area contributed by atoms with E-state index in [9.17, 15) is 0 Å². The maximum absolute atomic E-state index is 2.51. The van der Waals surface area contributed by atoms with Gasteiger partial charge in [0.1, 0.15) is 0 Å². The van der Waals surface area contributed by atoms with Gasteiger partial charge in [-0.25, -0.2) is 0 Å². The first-order chi connectivity index (χ1) is 12.3. The van der Waals surface area contributed by atoms with Gasteiger partial charge >= 0.3 is 160 Å². The summed E-state index contributed by atoms with van der Waals surface area (Å²) in [4.78, 5) is 0. The van der Waals surface area contributed by atoms with Crippen LogP contribution in [0.3, 0.4) is 0 Å². The van der Waals surface area contributed by atoms with Crippen LogP contribution in [-0.4, -0.2) is 0 Å². The first kappa shape index (κ1) is 18.7. The Morgan fingerprint density at radius 2 is 1.52 bits per heavy atom. The fourth-order valence-electron chi connectivity index (χ4n) is 4.18. The molecule has 3 rings (SSSR count). The molecule has 131 valence electrons. The van der Waals surface area contributed by atoms with Crippen LogP contribution in [0, 0.1) is 0 Å². The average Bonchev–Trinajstić information content (AvgIpc) is 2.98. The molecule has 0 radical (unpaired) electrons. The van der Waals surface area contributed by atoms with Gasteiger partial charge in [0, 0.05) is 0 Å². The normalized spacial score (nSPS) is 15.8. The standard InChI is InChI=1S/C16H13.2C4H9.Ti/c1-12-10-14-8-5-9-15(16(14)11-12)13-6-3-2-4-7-13;2*1-3-4-2;/h2-11H,1H3;2*1,3-4H2,2H3;. The Balaban J connectivity index is 1.97. The van der Waals surface area contributed by atoms with Crippen molar-refractivity contribution in [2.45, 2.75) is 60.1 Å². The second-order valence-electron chi connectivity index (χ2n) is 7.36. The Morgan fingerprint density at radius 3 is 2.16 bits per heavy atom. The van der Waals surface area contributed by atoms with Crippen LogP contribution in [0.25, 0.3) is 17.2 Å². The molecule has 0 fully saturated rings. The van der Waals surface area contributed by atoms with Gasteiger partial charge < -0.3 is 0 Å². The molecule has 25 heavy (non-hydrogen) atoms. The zero-order chi connectivity index (χ0) is 17.6. The average molecular weight is 367 g/mol. The predicted octanol–water partition coefficient (Wildman–Crippen LogP) is 7.87. The van der Waals surface area contributed by atoms with Crippen molar-refractivity contribution in [2.24, 2.45) is 0 Å². The van der Waals surface area contributed by atoms with Crippen LogP contribution in [0.2, 0.25) is 9.45 Å². The third kappa shape index (κ3) is 4.18. The molecule has 0 amide bonds. The molecule has 0 saturated heterocycles. The molecule has 0 saturated carbocycles. The van der Waals surface area contributed by atoms with Crippen LogP contribution in [0.4, 0.5) is 0 Å². The molecule has 1 aliphatic carbocycles. The third-order valence-electron chi connectivity index (χ3n) is 5.47. The summed E-state index contributed by atoms with van der Waals surface area (Å²) in [5, 5.41) is 0. The third-order valence-corrected chi connectivity index (χ3v) is 11.1. The minimum absolute atomic E-state index is 0.789. The topological polar surface area (TPSA) is 0 Å². The van der Waals surface area contributed by atoms with Crippen LogP contribution in [0.1, 0.15) is 61.8 Å². The summed E-state index contributed by atoms with van der Waals surface area (Å²) in [6, 6.07) is 17.9. The van der Waals surface area contributed by atoms with E-state index in [1.807, 2.05) is 0 Å². The zero-order valence-corrected chi connectivity index (χ0v) is 17.6. The number of benzene rings is 2. The summed E-state index contributed by atoms with van der Waals surface area (Å²) in [5.41, 5.74) is 7.56. The van der Waals surface area contributed by atoms with Gasteiger partial charge in [-0.3, -0.25) is 0 Å². The van der Waals surface area contributed by atoms with E-state index in [2.05, 4.69) is 75.4 Å². The van der Waals surface area contributed by atoms with E-state index in [0.717, 1.165) is 4.22 Å². The fourth-order valence-corrected chi connectivity index (χ4v) is 10.2. The SMILES string of the molecule is CCC[CH2][Ti]([CH2]CCC)[CH]1C(C)=Cc2c(-c3ccccc3)cccc21. The molecule has 0 N–H and O–H groups in total. The van der Waals surface area contributed by atoms with Gasteiger partial charge in [0.25, 0.3) is 0 Å². The van der Waals surface area contributed by atoms with Gasteiger partial charge in [0.15, 0.2) is 0 Å². The van der Waals surface area contributed by atoms with Crippen molar-refractivity contribution in [3.05, 3.63) is 65.2 Å². The van der Waals surface area contributed by atoms with Gasteiger partial charge in [-0.15, -0.1) is 0 Å². The molecule has 0 aliphatic heterocycles.